The molecular formula is C15H28N4. The second-order valence-corrected chi connectivity index (χ2v) is 5.29. The van der Waals surface area contributed by atoms with Crippen molar-refractivity contribution in [1.82, 2.24) is 9.97 Å². The standard InChI is InChI=1S/C15H28N4/c1-5-13(6-2)11-19(7-3)15-17-9-14(10-18-15)8-12(4)16/h9-10,12-13H,5-8,11,16H2,1-4H3. The van der Waals surface area contributed by atoms with Gasteiger partial charge in [-0.3, -0.25) is 0 Å². The van der Waals surface area contributed by atoms with E-state index >= 15 is 0 Å². The Morgan fingerprint density at radius 1 is 1.16 bits per heavy atom. The number of nitrogens with zero attached hydrogens (tertiary/aromatic N) is 3. The van der Waals surface area contributed by atoms with Gasteiger partial charge in [0.2, 0.25) is 5.95 Å². The van der Waals surface area contributed by atoms with Gasteiger partial charge in [0.05, 0.1) is 0 Å². The Bertz CT molecular complexity index is 344. The smallest absolute Gasteiger partial charge is 0.225 e. The van der Waals surface area contributed by atoms with E-state index in [9.17, 15) is 0 Å². The van der Waals surface area contributed by atoms with Crippen LogP contribution < -0.4 is 10.6 Å². The van der Waals surface area contributed by atoms with Crippen molar-refractivity contribution in [1.29, 1.82) is 0 Å². The van der Waals surface area contributed by atoms with E-state index < -0.39 is 0 Å². The largest absolute Gasteiger partial charge is 0.341 e. The van der Waals surface area contributed by atoms with Crippen molar-refractivity contribution in [2.75, 3.05) is 18.0 Å². The van der Waals surface area contributed by atoms with E-state index in [1.165, 1.54) is 12.8 Å². The Morgan fingerprint density at radius 3 is 2.16 bits per heavy atom. The predicted octanol–water partition coefficient (Wildman–Crippen LogP) is 2.63. The van der Waals surface area contributed by atoms with Crippen LogP contribution in [0.25, 0.3) is 0 Å². The van der Waals surface area contributed by atoms with Gasteiger partial charge in [0, 0.05) is 31.5 Å². The van der Waals surface area contributed by atoms with Gasteiger partial charge >= 0.3 is 0 Å². The van der Waals surface area contributed by atoms with Crippen molar-refractivity contribution < 1.29 is 0 Å². The maximum absolute atomic E-state index is 5.78. The van der Waals surface area contributed by atoms with E-state index in [0.29, 0.717) is 5.92 Å². The van der Waals surface area contributed by atoms with Crippen LogP contribution in [-0.2, 0) is 6.42 Å². The number of anilines is 1. The van der Waals surface area contributed by atoms with Gasteiger partial charge in [0.1, 0.15) is 0 Å². The number of nitrogens with two attached hydrogens (primary N) is 1. The normalized spacial score (nSPS) is 12.7. The molecule has 0 spiro atoms. The average molecular weight is 264 g/mol. The summed E-state index contributed by atoms with van der Waals surface area (Å²) < 4.78 is 0. The summed E-state index contributed by atoms with van der Waals surface area (Å²) in [5.74, 6) is 1.55. The van der Waals surface area contributed by atoms with E-state index in [2.05, 4.69) is 35.6 Å². The van der Waals surface area contributed by atoms with Gasteiger partial charge in [-0.05, 0) is 31.7 Å². The Balaban J connectivity index is 2.70. The molecule has 2 N–H and O–H groups in total. The molecule has 1 aromatic heterocycles. The topological polar surface area (TPSA) is 55.0 Å². The van der Waals surface area contributed by atoms with Gasteiger partial charge in [-0.1, -0.05) is 26.7 Å². The number of hydrogen-bond acceptors (Lipinski definition) is 4. The molecule has 1 rings (SSSR count). The monoisotopic (exact) mass is 264 g/mol. The van der Waals surface area contributed by atoms with Crippen LogP contribution in [0.2, 0.25) is 0 Å². The zero-order valence-corrected chi connectivity index (χ0v) is 12.8. The molecule has 0 saturated heterocycles. The lowest BCUT2D eigenvalue weighted by molar-refractivity contribution is 0.482. The van der Waals surface area contributed by atoms with Crippen LogP contribution in [0, 0.1) is 5.92 Å². The minimum absolute atomic E-state index is 0.154. The van der Waals surface area contributed by atoms with E-state index in [1.807, 2.05) is 19.3 Å². The molecule has 0 aliphatic heterocycles. The van der Waals surface area contributed by atoms with Crippen molar-refractivity contribution >= 4 is 5.95 Å². The first-order valence-electron chi connectivity index (χ1n) is 7.42. The predicted molar refractivity (Wildman–Crippen MR) is 81.3 cm³/mol. The van der Waals surface area contributed by atoms with Gasteiger partial charge in [-0.25, -0.2) is 9.97 Å². The summed E-state index contributed by atoms with van der Waals surface area (Å²) in [6.07, 6.45) is 7.05. The van der Waals surface area contributed by atoms with Crippen molar-refractivity contribution in [2.45, 2.75) is 53.0 Å². The molecule has 1 heterocycles. The molecule has 108 valence electrons. The van der Waals surface area contributed by atoms with Crippen molar-refractivity contribution in [3.63, 3.8) is 0 Å². The lowest BCUT2D eigenvalue weighted by Crippen LogP contribution is -2.30. The molecular weight excluding hydrogens is 236 g/mol. The van der Waals surface area contributed by atoms with E-state index in [0.717, 1.165) is 31.0 Å². The van der Waals surface area contributed by atoms with Gasteiger partial charge in [-0.15, -0.1) is 0 Å². The lowest BCUT2D eigenvalue weighted by Gasteiger charge is -2.25. The highest BCUT2D eigenvalue weighted by atomic mass is 15.2. The summed E-state index contributed by atoms with van der Waals surface area (Å²) >= 11 is 0. The van der Waals surface area contributed by atoms with Crippen LogP contribution in [-0.4, -0.2) is 29.1 Å². The van der Waals surface area contributed by atoms with Crippen LogP contribution in [0.1, 0.15) is 46.1 Å². The first-order valence-corrected chi connectivity index (χ1v) is 7.42. The van der Waals surface area contributed by atoms with Crippen molar-refractivity contribution in [3.8, 4) is 0 Å². The fourth-order valence-electron chi connectivity index (χ4n) is 2.20. The minimum atomic E-state index is 0.154. The maximum Gasteiger partial charge on any atom is 0.225 e. The van der Waals surface area contributed by atoms with Crippen LogP contribution in [0.4, 0.5) is 5.95 Å². The van der Waals surface area contributed by atoms with Crippen molar-refractivity contribution in [2.24, 2.45) is 11.7 Å². The van der Waals surface area contributed by atoms with Crippen LogP contribution in [0.15, 0.2) is 12.4 Å². The van der Waals surface area contributed by atoms with Crippen molar-refractivity contribution in [3.05, 3.63) is 18.0 Å². The first kappa shape index (κ1) is 15.9. The number of hydrogen-bond donors (Lipinski definition) is 1. The molecule has 1 unspecified atom stereocenters. The summed E-state index contributed by atoms with van der Waals surface area (Å²) in [5, 5.41) is 0. The van der Waals surface area contributed by atoms with Gasteiger partial charge < -0.3 is 10.6 Å². The Morgan fingerprint density at radius 2 is 1.74 bits per heavy atom. The molecule has 0 saturated carbocycles. The van der Waals surface area contributed by atoms with Crippen LogP contribution in [0.3, 0.4) is 0 Å². The van der Waals surface area contributed by atoms with Crippen LogP contribution in [0.5, 0.6) is 0 Å². The zero-order chi connectivity index (χ0) is 14.3. The summed E-state index contributed by atoms with van der Waals surface area (Å²) in [6, 6.07) is 0.154. The molecule has 1 atom stereocenters. The molecule has 0 fully saturated rings. The lowest BCUT2D eigenvalue weighted by atomic mass is 10.0. The zero-order valence-electron chi connectivity index (χ0n) is 12.8. The average Bonchev–Trinajstić information content (AvgIpc) is 2.41. The quantitative estimate of drug-likeness (QED) is 0.784. The van der Waals surface area contributed by atoms with E-state index in [4.69, 9.17) is 5.73 Å². The maximum atomic E-state index is 5.78. The molecule has 0 amide bonds. The number of rotatable bonds is 8. The third-order valence-corrected chi connectivity index (χ3v) is 3.55. The highest BCUT2D eigenvalue weighted by Gasteiger charge is 2.12. The molecule has 0 bridgehead atoms. The SMILES string of the molecule is CCC(CC)CN(CC)c1ncc(CC(C)N)cn1. The Hall–Kier alpha value is -1.16. The molecule has 4 nitrogen and oxygen atoms in total. The summed E-state index contributed by atoms with van der Waals surface area (Å²) in [5.41, 5.74) is 6.89. The highest BCUT2D eigenvalue weighted by molar-refractivity contribution is 5.29. The summed E-state index contributed by atoms with van der Waals surface area (Å²) in [4.78, 5) is 11.2. The Kier molecular flexibility index (Phi) is 6.78. The summed E-state index contributed by atoms with van der Waals surface area (Å²) in [6.45, 7) is 10.6. The summed E-state index contributed by atoms with van der Waals surface area (Å²) in [7, 11) is 0. The molecule has 0 aliphatic rings. The second kappa shape index (κ2) is 8.10. The third-order valence-electron chi connectivity index (χ3n) is 3.55. The van der Waals surface area contributed by atoms with Crippen LogP contribution >= 0.6 is 0 Å². The fourth-order valence-corrected chi connectivity index (χ4v) is 2.20. The highest BCUT2D eigenvalue weighted by Crippen LogP contribution is 2.14. The first-order chi connectivity index (χ1) is 9.10. The minimum Gasteiger partial charge on any atom is -0.341 e. The third kappa shape index (κ3) is 5.15. The molecule has 4 heteroatoms. The molecule has 0 aliphatic carbocycles. The van der Waals surface area contributed by atoms with Gasteiger partial charge in [-0.2, -0.15) is 0 Å². The fraction of sp³-hybridized carbons (Fsp3) is 0.733. The molecule has 0 radical (unpaired) electrons. The van der Waals surface area contributed by atoms with Gasteiger partial charge in [0.25, 0.3) is 0 Å². The van der Waals surface area contributed by atoms with E-state index in [-0.39, 0.29) is 6.04 Å². The molecule has 19 heavy (non-hydrogen) atoms. The molecule has 1 aromatic rings. The second-order valence-electron chi connectivity index (χ2n) is 5.29. The van der Waals surface area contributed by atoms with E-state index in [1.54, 1.807) is 0 Å². The molecule has 0 aromatic carbocycles. The number of aromatic nitrogens is 2. The van der Waals surface area contributed by atoms with Gasteiger partial charge in [0.15, 0.2) is 0 Å². The Labute approximate surface area is 117 Å².